The zero-order valence-electron chi connectivity index (χ0n) is 14.1. The summed E-state index contributed by atoms with van der Waals surface area (Å²) in [6.07, 6.45) is 3.84. The Morgan fingerprint density at radius 2 is 2.13 bits per heavy atom. The molecule has 1 aromatic carbocycles. The molecule has 0 heterocycles. The zero-order valence-corrected chi connectivity index (χ0v) is 14.1. The van der Waals surface area contributed by atoms with Gasteiger partial charge < -0.3 is 15.7 Å². The van der Waals surface area contributed by atoms with Crippen LogP contribution in [0.3, 0.4) is 0 Å². The SMILES string of the molecule is CCNC(=NCc1ccccc1F)NCC1(C)CCCCC1O. The molecule has 23 heavy (non-hydrogen) atoms. The summed E-state index contributed by atoms with van der Waals surface area (Å²) in [4.78, 5) is 4.46. The van der Waals surface area contributed by atoms with Crippen LogP contribution < -0.4 is 10.6 Å². The van der Waals surface area contributed by atoms with E-state index in [0.717, 1.165) is 32.2 Å². The Balaban J connectivity index is 1.98. The largest absolute Gasteiger partial charge is 0.392 e. The molecule has 2 atom stereocenters. The van der Waals surface area contributed by atoms with Gasteiger partial charge in [0.1, 0.15) is 5.82 Å². The summed E-state index contributed by atoms with van der Waals surface area (Å²) in [5.41, 5.74) is 0.445. The molecular weight excluding hydrogens is 293 g/mol. The Labute approximate surface area is 138 Å². The van der Waals surface area contributed by atoms with Crippen LogP contribution in [0.2, 0.25) is 0 Å². The van der Waals surface area contributed by atoms with Crippen molar-refractivity contribution in [1.82, 2.24) is 10.6 Å². The molecule has 1 aliphatic rings. The second kappa shape index (κ2) is 8.29. The number of benzene rings is 1. The molecule has 2 rings (SSSR count). The summed E-state index contributed by atoms with van der Waals surface area (Å²) in [6.45, 7) is 5.81. The van der Waals surface area contributed by atoms with Crippen molar-refractivity contribution in [2.75, 3.05) is 13.1 Å². The molecule has 1 aromatic rings. The first-order valence-electron chi connectivity index (χ1n) is 8.49. The third-order valence-corrected chi connectivity index (χ3v) is 4.65. The molecule has 0 spiro atoms. The summed E-state index contributed by atoms with van der Waals surface area (Å²) in [5, 5.41) is 16.8. The van der Waals surface area contributed by atoms with Gasteiger partial charge in [-0.15, -0.1) is 0 Å². The van der Waals surface area contributed by atoms with E-state index in [1.165, 1.54) is 6.07 Å². The van der Waals surface area contributed by atoms with Crippen LogP contribution in [-0.4, -0.2) is 30.3 Å². The lowest BCUT2D eigenvalue weighted by Gasteiger charge is -2.38. The topological polar surface area (TPSA) is 56.7 Å². The third kappa shape index (κ3) is 4.93. The van der Waals surface area contributed by atoms with Crippen molar-refractivity contribution in [3.05, 3.63) is 35.6 Å². The van der Waals surface area contributed by atoms with Gasteiger partial charge in [-0.25, -0.2) is 9.38 Å². The lowest BCUT2D eigenvalue weighted by Crippen LogP contribution is -2.48. The Morgan fingerprint density at radius 3 is 2.83 bits per heavy atom. The van der Waals surface area contributed by atoms with Gasteiger partial charge in [0.05, 0.1) is 12.6 Å². The standard InChI is InChI=1S/C18H28FN3O/c1-3-20-17(21-12-14-8-4-5-9-15(14)19)22-13-18(2)11-7-6-10-16(18)23/h4-5,8-9,16,23H,3,6-7,10-13H2,1-2H3,(H2,20,21,22). The van der Waals surface area contributed by atoms with Crippen LogP contribution in [0.4, 0.5) is 4.39 Å². The minimum absolute atomic E-state index is 0.133. The van der Waals surface area contributed by atoms with Crippen molar-refractivity contribution in [3.63, 3.8) is 0 Å². The normalized spacial score (nSPS) is 25.2. The van der Waals surface area contributed by atoms with Gasteiger partial charge in [0.25, 0.3) is 0 Å². The molecule has 3 N–H and O–H groups in total. The number of halogens is 1. The second-order valence-electron chi connectivity index (χ2n) is 6.56. The van der Waals surface area contributed by atoms with Crippen molar-refractivity contribution in [1.29, 1.82) is 0 Å². The first kappa shape index (κ1) is 17.7. The van der Waals surface area contributed by atoms with Gasteiger partial charge in [0.15, 0.2) is 5.96 Å². The smallest absolute Gasteiger partial charge is 0.191 e. The van der Waals surface area contributed by atoms with Crippen molar-refractivity contribution < 1.29 is 9.50 Å². The molecule has 0 radical (unpaired) electrons. The van der Waals surface area contributed by atoms with Crippen LogP contribution in [0.5, 0.6) is 0 Å². The predicted octanol–water partition coefficient (Wildman–Crippen LogP) is 2.82. The molecule has 1 fully saturated rings. The summed E-state index contributed by atoms with van der Waals surface area (Å²) < 4.78 is 13.7. The third-order valence-electron chi connectivity index (χ3n) is 4.65. The number of hydrogen-bond donors (Lipinski definition) is 3. The van der Waals surface area contributed by atoms with Gasteiger partial charge in [-0.1, -0.05) is 38.0 Å². The molecule has 5 heteroatoms. The van der Waals surface area contributed by atoms with Crippen LogP contribution in [0, 0.1) is 11.2 Å². The Morgan fingerprint density at radius 1 is 1.35 bits per heavy atom. The fourth-order valence-corrected chi connectivity index (χ4v) is 3.01. The average Bonchev–Trinajstić information content (AvgIpc) is 2.54. The van der Waals surface area contributed by atoms with Crippen molar-refractivity contribution in [3.8, 4) is 0 Å². The molecule has 2 unspecified atom stereocenters. The van der Waals surface area contributed by atoms with Crippen LogP contribution in [0.25, 0.3) is 0 Å². The van der Waals surface area contributed by atoms with E-state index in [-0.39, 0.29) is 17.3 Å². The van der Waals surface area contributed by atoms with Crippen LogP contribution in [0.1, 0.15) is 45.1 Å². The van der Waals surface area contributed by atoms with Crippen molar-refractivity contribution >= 4 is 5.96 Å². The van der Waals surface area contributed by atoms with Crippen molar-refractivity contribution in [2.24, 2.45) is 10.4 Å². The minimum Gasteiger partial charge on any atom is -0.392 e. The number of aliphatic hydroxyl groups is 1. The number of guanidine groups is 1. The minimum atomic E-state index is -0.279. The quantitative estimate of drug-likeness (QED) is 0.577. The number of nitrogens with zero attached hydrogens (tertiary/aromatic N) is 1. The highest BCUT2D eigenvalue weighted by atomic mass is 19.1. The van der Waals surface area contributed by atoms with Gasteiger partial charge >= 0.3 is 0 Å². The van der Waals surface area contributed by atoms with E-state index in [1.54, 1.807) is 12.1 Å². The summed E-state index contributed by atoms with van der Waals surface area (Å²) in [5.74, 6) is 0.427. The van der Waals surface area contributed by atoms with E-state index in [4.69, 9.17) is 0 Å². The highest BCUT2D eigenvalue weighted by molar-refractivity contribution is 5.79. The molecule has 128 valence electrons. The van der Waals surface area contributed by atoms with E-state index in [9.17, 15) is 9.50 Å². The maximum Gasteiger partial charge on any atom is 0.191 e. The van der Waals surface area contributed by atoms with Gasteiger partial charge in [0, 0.05) is 24.1 Å². The number of hydrogen-bond acceptors (Lipinski definition) is 2. The summed E-state index contributed by atoms with van der Waals surface area (Å²) in [7, 11) is 0. The zero-order chi connectivity index (χ0) is 16.7. The first-order chi connectivity index (χ1) is 11.0. The Bertz CT molecular complexity index is 535. The maximum atomic E-state index is 13.7. The number of nitrogens with one attached hydrogen (secondary N) is 2. The van der Waals surface area contributed by atoms with Crippen molar-refractivity contribution in [2.45, 2.75) is 52.2 Å². The first-order valence-corrected chi connectivity index (χ1v) is 8.49. The molecule has 1 aliphatic carbocycles. The van der Waals surface area contributed by atoms with E-state index in [2.05, 4.69) is 22.5 Å². The molecule has 0 saturated heterocycles. The van der Waals surface area contributed by atoms with Crippen LogP contribution >= 0.6 is 0 Å². The fraction of sp³-hybridized carbons (Fsp3) is 0.611. The average molecular weight is 321 g/mol. The fourth-order valence-electron chi connectivity index (χ4n) is 3.01. The summed E-state index contributed by atoms with van der Waals surface area (Å²) in [6, 6.07) is 6.68. The lowest BCUT2D eigenvalue weighted by atomic mass is 9.73. The van der Waals surface area contributed by atoms with Crippen LogP contribution in [-0.2, 0) is 6.54 Å². The molecule has 0 bridgehead atoms. The lowest BCUT2D eigenvalue weighted by molar-refractivity contribution is 0.00397. The molecule has 0 aromatic heterocycles. The number of aliphatic imine (C=N–C) groups is 1. The number of rotatable bonds is 5. The maximum absolute atomic E-state index is 13.7. The van der Waals surface area contributed by atoms with Gasteiger partial charge in [-0.3, -0.25) is 0 Å². The highest BCUT2D eigenvalue weighted by Gasteiger charge is 2.35. The van der Waals surface area contributed by atoms with E-state index < -0.39 is 0 Å². The van der Waals surface area contributed by atoms with Gasteiger partial charge in [-0.05, 0) is 25.8 Å². The molecule has 0 amide bonds. The highest BCUT2D eigenvalue weighted by Crippen LogP contribution is 2.35. The predicted molar refractivity (Wildman–Crippen MR) is 91.8 cm³/mol. The Kier molecular flexibility index (Phi) is 6.39. The van der Waals surface area contributed by atoms with Gasteiger partial charge in [0.2, 0.25) is 0 Å². The van der Waals surface area contributed by atoms with E-state index >= 15 is 0 Å². The van der Waals surface area contributed by atoms with E-state index in [1.807, 2.05) is 13.0 Å². The molecule has 4 nitrogen and oxygen atoms in total. The second-order valence-corrected chi connectivity index (χ2v) is 6.56. The Hall–Kier alpha value is -1.62. The van der Waals surface area contributed by atoms with Crippen LogP contribution in [0.15, 0.2) is 29.3 Å². The molecule has 0 aliphatic heterocycles. The molecular formula is C18H28FN3O. The molecule has 1 saturated carbocycles. The van der Waals surface area contributed by atoms with Gasteiger partial charge in [-0.2, -0.15) is 0 Å². The number of aliphatic hydroxyl groups excluding tert-OH is 1. The summed E-state index contributed by atoms with van der Waals surface area (Å²) >= 11 is 0. The van der Waals surface area contributed by atoms with E-state index in [0.29, 0.717) is 24.6 Å². The monoisotopic (exact) mass is 321 g/mol.